The van der Waals surface area contributed by atoms with Crippen molar-refractivity contribution in [3.05, 3.63) is 58.7 Å². The van der Waals surface area contributed by atoms with Crippen LogP contribution in [0.15, 0.2) is 42.6 Å². The summed E-state index contributed by atoms with van der Waals surface area (Å²) in [5, 5.41) is 3.98. The normalized spacial score (nSPS) is 15.2. The van der Waals surface area contributed by atoms with Crippen LogP contribution in [0.2, 0.25) is 5.02 Å². The molecule has 1 aliphatic heterocycles. The SMILES string of the molecule is CCN1CCN(C(=O)c2ccnc(NCc3ccc(Cl)cc3)c2)CC1. The molecule has 0 spiro atoms. The van der Waals surface area contributed by atoms with E-state index in [1.807, 2.05) is 35.2 Å². The largest absolute Gasteiger partial charge is 0.366 e. The summed E-state index contributed by atoms with van der Waals surface area (Å²) in [6.07, 6.45) is 1.68. The second-order valence-electron chi connectivity index (χ2n) is 6.14. The van der Waals surface area contributed by atoms with Crippen LogP contribution in [-0.4, -0.2) is 53.4 Å². The van der Waals surface area contributed by atoms with Gasteiger partial charge >= 0.3 is 0 Å². The highest BCUT2D eigenvalue weighted by molar-refractivity contribution is 6.30. The maximum absolute atomic E-state index is 12.7. The van der Waals surface area contributed by atoms with Crippen LogP contribution < -0.4 is 5.32 Å². The van der Waals surface area contributed by atoms with Gasteiger partial charge in [0.25, 0.3) is 5.91 Å². The number of carbonyl (C=O) groups excluding carboxylic acids is 1. The molecule has 1 fully saturated rings. The summed E-state index contributed by atoms with van der Waals surface area (Å²) in [6.45, 7) is 7.26. The van der Waals surface area contributed by atoms with Gasteiger partial charge in [0.1, 0.15) is 5.82 Å². The van der Waals surface area contributed by atoms with Gasteiger partial charge in [0.2, 0.25) is 0 Å². The summed E-state index contributed by atoms with van der Waals surface area (Å²) in [4.78, 5) is 21.3. The van der Waals surface area contributed by atoms with E-state index in [9.17, 15) is 4.79 Å². The van der Waals surface area contributed by atoms with Crippen molar-refractivity contribution in [2.24, 2.45) is 0 Å². The van der Waals surface area contributed by atoms with E-state index in [1.165, 1.54) is 0 Å². The molecule has 2 aromatic rings. The fourth-order valence-corrected chi connectivity index (χ4v) is 3.03. The molecular weight excluding hydrogens is 336 g/mol. The Morgan fingerprint density at radius 1 is 1.16 bits per heavy atom. The van der Waals surface area contributed by atoms with Gasteiger partial charge in [-0.3, -0.25) is 4.79 Å². The number of anilines is 1. The molecule has 0 saturated carbocycles. The molecule has 132 valence electrons. The second-order valence-corrected chi connectivity index (χ2v) is 6.57. The van der Waals surface area contributed by atoms with Crippen LogP contribution in [0.25, 0.3) is 0 Å². The Labute approximate surface area is 153 Å². The zero-order valence-electron chi connectivity index (χ0n) is 14.4. The Hall–Kier alpha value is -2.11. The molecule has 0 bridgehead atoms. The molecule has 1 saturated heterocycles. The number of amides is 1. The van der Waals surface area contributed by atoms with Gasteiger partial charge in [0, 0.05) is 49.5 Å². The van der Waals surface area contributed by atoms with Crippen molar-refractivity contribution in [3.63, 3.8) is 0 Å². The van der Waals surface area contributed by atoms with Crippen LogP contribution in [0, 0.1) is 0 Å². The monoisotopic (exact) mass is 358 g/mol. The maximum atomic E-state index is 12.7. The van der Waals surface area contributed by atoms with Gasteiger partial charge < -0.3 is 15.1 Å². The number of nitrogens with zero attached hydrogens (tertiary/aromatic N) is 3. The summed E-state index contributed by atoms with van der Waals surface area (Å²) in [5.74, 6) is 0.778. The molecule has 1 N–H and O–H groups in total. The molecule has 0 aliphatic carbocycles. The standard InChI is InChI=1S/C19H23ClN4O/c1-2-23-9-11-24(12-10-23)19(25)16-7-8-21-18(13-16)22-14-15-3-5-17(20)6-4-15/h3-8,13H,2,9-12,14H2,1H3,(H,21,22). The molecule has 0 radical (unpaired) electrons. The number of piperazine rings is 1. The van der Waals surface area contributed by atoms with Crippen molar-refractivity contribution in [1.29, 1.82) is 0 Å². The van der Waals surface area contributed by atoms with Crippen molar-refractivity contribution in [3.8, 4) is 0 Å². The van der Waals surface area contributed by atoms with Gasteiger partial charge in [-0.1, -0.05) is 30.7 Å². The van der Waals surface area contributed by atoms with Crippen LogP contribution in [0.4, 0.5) is 5.82 Å². The van der Waals surface area contributed by atoms with Crippen molar-refractivity contribution in [2.45, 2.75) is 13.5 Å². The zero-order chi connectivity index (χ0) is 17.6. The molecule has 1 aromatic carbocycles. The van der Waals surface area contributed by atoms with Crippen molar-refractivity contribution >= 4 is 23.3 Å². The van der Waals surface area contributed by atoms with Gasteiger partial charge in [-0.2, -0.15) is 0 Å². The van der Waals surface area contributed by atoms with Gasteiger partial charge in [-0.15, -0.1) is 0 Å². The molecule has 0 unspecified atom stereocenters. The number of benzene rings is 1. The molecule has 1 amide bonds. The average Bonchev–Trinajstić information content (AvgIpc) is 2.67. The number of hydrogen-bond donors (Lipinski definition) is 1. The number of likely N-dealkylation sites (N-methyl/N-ethyl adjacent to an activating group) is 1. The zero-order valence-corrected chi connectivity index (χ0v) is 15.2. The lowest BCUT2D eigenvalue weighted by Crippen LogP contribution is -2.48. The van der Waals surface area contributed by atoms with E-state index in [-0.39, 0.29) is 5.91 Å². The van der Waals surface area contributed by atoms with E-state index in [2.05, 4.69) is 22.1 Å². The minimum Gasteiger partial charge on any atom is -0.366 e. The number of aromatic nitrogens is 1. The Kier molecular flexibility index (Phi) is 5.89. The van der Waals surface area contributed by atoms with Crippen LogP contribution >= 0.6 is 11.6 Å². The quantitative estimate of drug-likeness (QED) is 0.892. The van der Waals surface area contributed by atoms with Crippen LogP contribution in [0.3, 0.4) is 0 Å². The van der Waals surface area contributed by atoms with Crippen molar-refractivity contribution < 1.29 is 4.79 Å². The first-order chi connectivity index (χ1) is 12.2. The Balaban J connectivity index is 1.61. The number of rotatable bonds is 5. The first-order valence-electron chi connectivity index (χ1n) is 8.61. The molecule has 1 aliphatic rings. The highest BCUT2D eigenvalue weighted by atomic mass is 35.5. The van der Waals surface area contributed by atoms with Gasteiger partial charge in [-0.05, 0) is 36.4 Å². The number of carbonyl (C=O) groups is 1. The lowest BCUT2D eigenvalue weighted by molar-refractivity contribution is 0.0643. The van der Waals surface area contributed by atoms with E-state index in [0.717, 1.165) is 43.3 Å². The number of hydrogen-bond acceptors (Lipinski definition) is 4. The third kappa shape index (κ3) is 4.71. The summed E-state index contributed by atoms with van der Waals surface area (Å²) < 4.78 is 0. The lowest BCUT2D eigenvalue weighted by Gasteiger charge is -2.34. The van der Waals surface area contributed by atoms with Crippen LogP contribution in [0.1, 0.15) is 22.8 Å². The fraction of sp³-hybridized carbons (Fsp3) is 0.368. The van der Waals surface area contributed by atoms with E-state index in [0.29, 0.717) is 17.9 Å². The molecule has 6 heteroatoms. The Morgan fingerprint density at radius 3 is 2.56 bits per heavy atom. The second kappa shape index (κ2) is 8.32. The number of halogens is 1. The topological polar surface area (TPSA) is 48.5 Å². The average molecular weight is 359 g/mol. The van der Waals surface area contributed by atoms with Gasteiger partial charge in [0.05, 0.1) is 0 Å². The smallest absolute Gasteiger partial charge is 0.254 e. The summed E-state index contributed by atoms with van der Waals surface area (Å²) in [5.41, 5.74) is 1.79. The lowest BCUT2D eigenvalue weighted by atomic mass is 10.2. The summed E-state index contributed by atoms with van der Waals surface area (Å²) in [7, 11) is 0. The first-order valence-corrected chi connectivity index (χ1v) is 8.99. The molecule has 1 aromatic heterocycles. The van der Waals surface area contributed by atoms with Crippen LogP contribution in [0.5, 0.6) is 0 Å². The third-order valence-corrected chi connectivity index (χ3v) is 4.75. The third-order valence-electron chi connectivity index (χ3n) is 4.50. The highest BCUT2D eigenvalue weighted by Gasteiger charge is 2.21. The Morgan fingerprint density at radius 2 is 1.88 bits per heavy atom. The Bertz CT molecular complexity index is 712. The van der Waals surface area contributed by atoms with E-state index < -0.39 is 0 Å². The van der Waals surface area contributed by atoms with Crippen molar-refractivity contribution in [2.75, 3.05) is 38.0 Å². The molecule has 25 heavy (non-hydrogen) atoms. The van der Waals surface area contributed by atoms with E-state index in [1.54, 1.807) is 12.3 Å². The van der Waals surface area contributed by atoms with E-state index in [4.69, 9.17) is 11.6 Å². The highest BCUT2D eigenvalue weighted by Crippen LogP contribution is 2.14. The van der Waals surface area contributed by atoms with E-state index >= 15 is 0 Å². The van der Waals surface area contributed by atoms with Crippen molar-refractivity contribution in [1.82, 2.24) is 14.8 Å². The number of pyridine rings is 1. The summed E-state index contributed by atoms with van der Waals surface area (Å²) in [6, 6.07) is 11.3. The van der Waals surface area contributed by atoms with Gasteiger partial charge in [0.15, 0.2) is 0 Å². The summed E-state index contributed by atoms with van der Waals surface area (Å²) >= 11 is 5.90. The molecule has 5 nitrogen and oxygen atoms in total. The minimum absolute atomic E-state index is 0.0766. The fourth-order valence-electron chi connectivity index (χ4n) is 2.90. The minimum atomic E-state index is 0.0766. The predicted octanol–water partition coefficient (Wildman–Crippen LogP) is 3.12. The molecular formula is C19H23ClN4O. The molecule has 0 atom stereocenters. The predicted molar refractivity (Wildman–Crippen MR) is 101 cm³/mol. The first kappa shape index (κ1) is 17.7. The van der Waals surface area contributed by atoms with Gasteiger partial charge in [-0.25, -0.2) is 4.98 Å². The molecule has 3 rings (SSSR count). The molecule has 2 heterocycles. The number of nitrogens with one attached hydrogen (secondary N) is 1. The maximum Gasteiger partial charge on any atom is 0.254 e. The van der Waals surface area contributed by atoms with Crippen LogP contribution in [-0.2, 0) is 6.54 Å².